The Labute approximate surface area is 109 Å². The molecule has 0 amide bonds. The number of ketones is 1. The molecule has 0 atom stereocenters. The summed E-state index contributed by atoms with van der Waals surface area (Å²) >= 11 is 0. The van der Waals surface area contributed by atoms with Crippen molar-refractivity contribution in [2.45, 2.75) is 0 Å². The molecule has 3 heteroatoms. The van der Waals surface area contributed by atoms with E-state index in [1.165, 1.54) is 0 Å². The van der Waals surface area contributed by atoms with Crippen LogP contribution in [0.2, 0.25) is 0 Å². The van der Waals surface area contributed by atoms with Crippen LogP contribution >= 0.6 is 0 Å². The highest BCUT2D eigenvalue weighted by Crippen LogP contribution is 2.21. The predicted octanol–water partition coefficient (Wildman–Crippen LogP) is 3.54. The van der Waals surface area contributed by atoms with Gasteiger partial charge in [-0.3, -0.25) is 4.79 Å². The summed E-state index contributed by atoms with van der Waals surface area (Å²) in [5, 5.41) is 9.63. The number of carbonyl (C=O) groups excluding carboxylic acids is 1. The van der Waals surface area contributed by atoms with Gasteiger partial charge < -0.3 is 4.42 Å². The van der Waals surface area contributed by atoms with Gasteiger partial charge in [0.2, 0.25) is 5.78 Å². The number of rotatable bonds is 2. The second kappa shape index (κ2) is 4.43. The molecule has 0 fully saturated rings. The Hall–Kier alpha value is -2.86. The molecule has 0 aliphatic heterocycles. The fourth-order valence-electron chi connectivity index (χ4n) is 1.93. The molecule has 19 heavy (non-hydrogen) atoms. The van der Waals surface area contributed by atoms with E-state index in [4.69, 9.17) is 9.68 Å². The van der Waals surface area contributed by atoms with Crippen molar-refractivity contribution in [1.29, 1.82) is 5.26 Å². The Morgan fingerprint density at radius 1 is 1.05 bits per heavy atom. The molecule has 2 aromatic carbocycles. The highest BCUT2D eigenvalue weighted by Gasteiger charge is 2.14. The van der Waals surface area contributed by atoms with Crippen LogP contribution in [0.4, 0.5) is 0 Å². The first-order valence-corrected chi connectivity index (χ1v) is 5.81. The van der Waals surface area contributed by atoms with Crippen LogP contribution in [0.25, 0.3) is 11.0 Å². The molecule has 1 aromatic heterocycles. The Bertz CT molecular complexity index is 758. The first-order chi connectivity index (χ1) is 9.28. The van der Waals surface area contributed by atoms with Crippen molar-refractivity contribution >= 4 is 16.8 Å². The van der Waals surface area contributed by atoms with Crippen LogP contribution in [0.15, 0.2) is 59.0 Å². The third-order valence-corrected chi connectivity index (χ3v) is 2.93. The predicted molar refractivity (Wildman–Crippen MR) is 70.8 cm³/mol. The molecule has 3 nitrogen and oxygen atoms in total. The fourth-order valence-corrected chi connectivity index (χ4v) is 1.93. The first kappa shape index (κ1) is 11.2. The smallest absolute Gasteiger partial charge is 0.228 e. The topological polar surface area (TPSA) is 54.0 Å². The zero-order chi connectivity index (χ0) is 13.2. The third kappa shape index (κ3) is 2.00. The maximum absolute atomic E-state index is 12.2. The summed E-state index contributed by atoms with van der Waals surface area (Å²) in [6, 6.07) is 17.7. The summed E-state index contributed by atoms with van der Waals surface area (Å²) in [6.45, 7) is 0. The average Bonchev–Trinajstić information content (AvgIpc) is 2.90. The lowest BCUT2D eigenvalue weighted by Crippen LogP contribution is -1.99. The molecule has 0 unspecified atom stereocenters. The number of nitrogens with zero attached hydrogens (tertiary/aromatic N) is 1. The SMILES string of the molecule is N#Cc1ccc(C(=O)c2cc3ccccc3o2)cc1. The van der Waals surface area contributed by atoms with E-state index in [1.54, 1.807) is 30.3 Å². The quantitative estimate of drug-likeness (QED) is 0.651. The van der Waals surface area contributed by atoms with Crippen molar-refractivity contribution < 1.29 is 9.21 Å². The molecule has 0 aliphatic carbocycles. The van der Waals surface area contributed by atoms with E-state index in [2.05, 4.69) is 0 Å². The number of carbonyl (C=O) groups is 1. The maximum Gasteiger partial charge on any atom is 0.228 e. The lowest BCUT2D eigenvalue weighted by molar-refractivity contribution is 0.101. The standard InChI is InChI=1S/C16H9NO2/c17-10-11-5-7-12(8-6-11)16(18)15-9-13-3-1-2-4-14(13)19-15/h1-9H. The molecule has 0 spiro atoms. The molecule has 0 aliphatic rings. The number of benzene rings is 2. The molecule has 0 radical (unpaired) electrons. The molecule has 0 N–H and O–H groups in total. The molecular formula is C16H9NO2. The zero-order valence-corrected chi connectivity index (χ0v) is 9.96. The molecule has 3 rings (SSSR count). The van der Waals surface area contributed by atoms with E-state index in [-0.39, 0.29) is 5.78 Å². The summed E-state index contributed by atoms with van der Waals surface area (Å²) in [7, 11) is 0. The van der Waals surface area contributed by atoms with Gasteiger partial charge in [-0.05, 0) is 36.4 Å². The summed E-state index contributed by atoms with van der Waals surface area (Å²) in [5.74, 6) is 0.131. The Balaban J connectivity index is 2.00. The number of hydrogen-bond acceptors (Lipinski definition) is 3. The molecule has 90 valence electrons. The monoisotopic (exact) mass is 247 g/mol. The summed E-state index contributed by atoms with van der Waals surface area (Å²) in [4.78, 5) is 12.2. The average molecular weight is 247 g/mol. The molecule has 0 saturated carbocycles. The minimum atomic E-state index is -0.180. The van der Waals surface area contributed by atoms with E-state index in [9.17, 15) is 4.79 Å². The highest BCUT2D eigenvalue weighted by atomic mass is 16.3. The van der Waals surface area contributed by atoms with Crippen molar-refractivity contribution in [2.24, 2.45) is 0 Å². The molecular weight excluding hydrogens is 238 g/mol. The second-order valence-corrected chi connectivity index (χ2v) is 4.17. The molecule has 3 aromatic rings. The normalized spacial score (nSPS) is 10.3. The zero-order valence-electron chi connectivity index (χ0n) is 9.96. The lowest BCUT2D eigenvalue weighted by atomic mass is 10.1. The minimum absolute atomic E-state index is 0.180. The number of para-hydroxylation sites is 1. The second-order valence-electron chi connectivity index (χ2n) is 4.17. The summed E-state index contributed by atoms with van der Waals surface area (Å²) < 4.78 is 5.53. The number of hydrogen-bond donors (Lipinski definition) is 0. The van der Waals surface area contributed by atoms with Gasteiger partial charge in [0.15, 0.2) is 5.76 Å². The van der Waals surface area contributed by atoms with Gasteiger partial charge >= 0.3 is 0 Å². The van der Waals surface area contributed by atoms with Crippen LogP contribution in [0.5, 0.6) is 0 Å². The van der Waals surface area contributed by atoms with Gasteiger partial charge in [-0.2, -0.15) is 5.26 Å². The Morgan fingerprint density at radius 2 is 1.79 bits per heavy atom. The first-order valence-electron chi connectivity index (χ1n) is 5.81. The van der Waals surface area contributed by atoms with Crippen LogP contribution in [0.3, 0.4) is 0 Å². The van der Waals surface area contributed by atoms with Crippen LogP contribution in [-0.4, -0.2) is 5.78 Å². The summed E-state index contributed by atoms with van der Waals surface area (Å²) in [5.41, 5.74) is 1.73. The van der Waals surface area contributed by atoms with Gasteiger partial charge in [-0.1, -0.05) is 18.2 Å². The largest absolute Gasteiger partial charge is 0.453 e. The summed E-state index contributed by atoms with van der Waals surface area (Å²) in [6.07, 6.45) is 0. The van der Waals surface area contributed by atoms with Crippen molar-refractivity contribution in [2.75, 3.05) is 0 Å². The van der Waals surface area contributed by atoms with Gasteiger partial charge in [0.1, 0.15) is 5.58 Å². The maximum atomic E-state index is 12.2. The fraction of sp³-hybridized carbons (Fsp3) is 0. The third-order valence-electron chi connectivity index (χ3n) is 2.93. The van der Waals surface area contributed by atoms with Gasteiger partial charge in [0.05, 0.1) is 11.6 Å². The van der Waals surface area contributed by atoms with E-state index in [0.717, 1.165) is 5.39 Å². The van der Waals surface area contributed by atoms with Crippen LogP contribution in [0.1, 0.15) is 21.7 Å². The number of nitriles is 1. The Morgan fingerprint density at radius 3 is 2.47 bits per heavy atom. The van der Waals surface area contributed by atoms with Crippen molar-refractivity contribution in [3.63, 3.8) is 0 Å². The van der Waals surface area contributed by atoms with E-state index < -0.39 is 0 Å². The van der Waals surface area contributed by atoms with E-state index in [1.807, 2.05) is 30.3 Å². The van der Waals surface area contributed by atoms with Crippen LogP contribution in [-0.2, 0) is 0 Å². The van der Waals surface area contributed by atoms with Crippen molar-refractivity contribution in [1.82, 2.24) is 0 Å². The Kier molecular flexibility index (Phi) is 2.62. The van der Waals surface area contributed by atoms with Crippen LogP contribution in [0, 0.1) is 11.3 Å². The molecule has 0 bridgehead atoms. The number of furan rings is 1. The molecule has 0 saturated heterocycles. The van der Waals surface area contributed by atoms with Crippen molar-refractivity contribution in [3.05, 3.63) is 71.5 Å². The van der Waals surface area contributed by atoms with Gasteiger partial charge in [-0.15, -0.1) is 0 Å². The van der Waals surface area contributed by atoms with Crippen molar-refractivity contribution in [3.8, 4) is 6.07 Å². The minimum Gasteiger partial charge on any atom is -0.453 e. The van der Waals surface area contributed by atoms with Gasteiger partial charge in [-0.25, -0.2) is 0 Å². The molecule has 1 heterocycles. The van der Waals surface area contributed by atoms with Gasteiger partial charge in [0.25, 0.3) is 0 Å². The highest BCUT2D eigenvalue weighted by molar-refractivity contribution is 6.09. The number of fused-ring (bicyclic) bond motifs is 1. The van der Waals surface area contributed by atoms with Gasteiger partial charge in [0, 0.05) is 10.9 Å². The van der Waals surface area contributed by atoms with Crippen LogP contribution < -0.4 is 0 Å². The van der Waals surface area contributed by atoms with E-state index in [0.29, 0.717) is 22.5 Å². The van der Waals surface area contributed by atoms with E-state index >= 15 is 0 Å². The lowest BCUT2D eigenvalue weighted by Gasteiger charge is -1.97.